The van der Waals surface area contributed by atoms with E-state index in [0.29, 0.717) is 12.5 Å². The van der Waals surface area contributed by atoms with Gasteiger partial charge in [0.2, 0.25) is 0 Å². The van der Waals surface area contributed by atoms with Crippen molar-refractivity contribution in [2.75, 3.05) is 31.7 Å². The van der Waals surface area contributed by atoms with E-state index < -0.39 is 0 Å². The summed E-state index contributed by atoms with van der Waals surface area (Å²) in [5.41, 5.74) is 7.07. The molecule has 2 N–H and O–H groups in total. The molecule has 0 bridgehead atoms. The van der Waals surface area contributed by atoms with E-state index in [1.54, 1.807) is 12.1 Å². The lowest BCUT2D eigenvalue weighted by Gasteiger charge is -2.32. The number of anilines is 1. The van der Waals surface area contributed by atoms with Gasteiger partial charge in [0, 0.05) is 37.8 Å². The molecule has 4 heteroatoms. The molecule has 0 aromatic heterocycles. The van der Waals surface area contributed by atoms with Crippen molar-refractivity contribution < 1.29 is 9.13 Å². The van der Waals surface area contributed by atoms with Crippen LogP contribution in [0.2, 0.25) is 0 Å². The van der Waals surface area contributed by atoms with Gasteiger partial charge in [0.25, 0.3) is 0 Å². The molecule has 1 saturated heterocycles. The van der Waals surface area contributed by atoms with Crippen LogP contribution in [0, 0.1) is 11.7 Å². The molecule has 1 aliphatic heterocycles. The summed E-state index contributed by atoms with van der Waals surface area (Å²) in [4.78, 5) is 2.10. The lowest BCUT2D eigenvalue weighted by atomic mass is 9.96. The fourth-order valence-electron chi connectivity index (χ4n) is 2.15. The topological polar surface area (TPSA) is 38.5 Å². The van der Waals surface area contributed by atoms with E-state index in [1.807, 2.05) is 7.05 Å². The number of nitrogens with two attached hydrogens (primary N) is 1. The Morgan fingerprint density at radius 2 is 2.12 bits per heavy atom. The molecular formula is C13H19FN2O. The number of benzene rings is 1. The van der Waals surface area contributed by atoms with E-state index >= 15 is 0 Å². The summed E-state index contributed by atoms with van der Waals surface area (Å²) in [5.74, 6) is 0.138. The van der Waals surface area contributed by atoms with Gasteiger partial charge in [-0.25, -0.2) is 4.39 Å². The molecule has 1 fully saturated rings. The van der Waals surface area contributed by atoms with Gasteiger partial charge in [-0.1, -0.05) is 0 Å². The second-order valence-corrected chi connectivity index (χ2v) is 4.64. The van der Waals surface area contributed by atoms with E-state index in [4.69, 9.17) is 10.5 Å². The van der Waals surface area contributed by atoms with Crippen LogP contribution in [-0.4, -0.2) is 32.8 Å². The molecule has 94 valence electrons. The normalized spacial score (nSPS) is 24.6. The maximum absolute atomic E-state index is 12.8. The van der Waals surface area contributed by atoms with Crippen LogP contribution in [0.15, 0.2) is 24.3 Å². The Morgan fingerprint density at radius 3 is 2.76 bits per heavy atom. The fraction of sp³-hybridized carbons (Fsp3) is 0.538. The molecule has 0 saturated carbocycles. The van der Waals surface area contributed by atoms with E-state index in [0.717, 1.165) is 25.3 Å². The number of ether oxygens (including phenoxy) is 1. The summed E-state index contributed by atoms with van der Waals surface area (Å²) in [6.45, 7) is 2.32. The van der Waals surface area contributed by atoms with Crippen LogP contribution in [0.5, 0.6) is 0 Å². The predicted octanol–water partition coefficient (Wildman–Crippen LogP) is 1.63. The smallest absolute Gasteiger partial charge is 0.123 e. The lowest BCUT2D eigenvalue weighted by molar-refractivity contribution is 0.0450. The van der Waals surface area contributed by atoms with Gasteiger partial charge in [-0.2, -0.15) is 0 Å². The summed E-state index contributed by atoms with van der Waals surface area (Å²) in [6, 6.07) is 6.72. The Labute approximate surface area is 101 Å². The maximum Gasteiger partial charge on any atom is 0.123 e. The van der Waals surface area contributed by atoms with Gasteiger partial charge < -0.3 is 15.4 Å². The Hall–Kier alpha value is -1.13. The molecule has 17 heavy (non-hydrogen) atoms. The zero-order valence-electron chi connectivity index (χ0n) is 10.1. The van der Waals surface area contributed by atoms with Crippen molar-refractivity contribution in [3.63, 3.8) is 0 Å². The first kappa shape index (κ1) is 12.3. The third kappa shape index (κ3) is 3.17. The van der Waals surface area contributed by atoms with Crippen molar-refractivity contribution in [3.05, 3.63) is 30.1 Å². The third-order valence-corrected chi connectivity index (χ3v) is 3.31. The Balaban J connectivity index is 1.95. The molecular weight excluding hydrogens is 219 g/mol. The van der Waals surface area contributed by atoms with Crippen LogP contribution < -0.4 is 10.6 Å². The van der Waals surface area contributed by atoms with Crippen molar-refractivity contribution in [2.45, 2.75) is 12.5 Å². The molecule has 1 aromatic carbocycles. The molecule has 0 radical (unpaired) electrons. The highest BCUT2D eigenvalue weighted by molar-refractivity contribution is 5.45. The van der Waals surface area contributed by atoms with E-state index in [2.05, 4.69) is 4.90 Å². The minimum Gasteiger partial charge on any atom is -0.381 e. The molecule has 1 aliphatic rings. The van der Waals surface area contributed by atoms with Gasteiger partial charge in [0.05, 0.1) is 6.61 Å². The van der Waals surface area contributed by atoms with Crippen LogP contribution in [0.4, 0.5) is 10.1 Å². The molecule has 1 heterocycles. The first-order chi connectivity index (χ1) is 8.16. The van der Waals surface area contributed by atoms with Gasteiger partial charge in [-0.3, -0.25) is 0 Å². The molecule has 1 aromatic rings. The van der Waals surface area contributed by atoms with Crippen LogP contribution in [0.1, 0.15) is 6.42 Å². The lowest BCUT2D eigenvalue weighted by Crippen LogP contribution is -2.44. The van der Waals surface area contributed by atoms with Crippen molar-refractivity contribution in [1.82, 2.24) is 0 Å². The molecule has 0 spiro atoms. The largest absolute Gasteiger partial charge is 0.381 e. The minimum absolute atomic E-state index is 0.201. The quantitative estimate of drug-likeness (QED) is 0.869. The van der Waals surface area contributed by atoms with Crippen LogP contribution >= 0.6 is 0 Å². The van der Waals surface area contributed by atoms with Crippen LogP contribution in [0.3, 0.4) is 0 Å². The first-order valence-corrected chi connectivity index (χ1v) is 5.97. The average Bonchev–Trinajstić information content (AvgIpc) is 2.33. The van der Waals surface area contributed by atoms with Crippen LogP contribution in [0.25, 0.3) is 0 Å². The van der Waals surface area contributed by atoms with Crippen LogP contribution in [-0.2, 0) is 4.74 Å². The number of halogens is 1. The second-order valence-electron chi connectivity index (χ2n) is 4.64. The summed E-state index contributed by atoms with van der Waals surface area (Å²) in [5, 5.41) is 0. The Kier molecular flexibility index (Phi) is 3.97. The fourth-order valence-corrected chi connectivity index (χ4v) is 2.15. The van der Waals surface area contributed by atoms with Gasteiger partial charge in [-0.15, -0.1) is 0 Å². The third-order valence-electron chi connectivity index (χ3n) is 3.31. The Bertz CT molecular complexity index is 355. The number of rotatable bonds is 3. The molecule has 2 unspecified atom stereocenters. The van der Waals surface area contributed by atoms with Gasteiger partial charge in [-0.05, 0) is 30.7 Å². The number of hydrogen-bond acceptors (Lipinski definition) is 3. The highest BCUT2D eigenvalue weighted by Gasteiger charge is 2.23. The number of hydrogen-bond donors (Lipinski definition) is 1. The standard InChI is InChI=1S/C13H19FN2O/c1-16(12-4-2-11(14)3-5-12)8-10-9-17-7-6-13(10)15/h2-5,10,13H,6-9,15H2,1H3. The van der Waals surface area contributed by atoms with E-state index in [-0.39, 0.29) is 11.9 Å². The summed E-state index contributed by atoms with van der Waals surface area (Å²) in [6.07, 6.45) is 0.919. The van der Waals surface area contributed by atoms with Crippen molar-refractivity contribution in [1.29, 1.82) is 0 Å². The van der Waals surface area contributed by atoms with E-state index in [9.17, 15) is 4.39 Å². The first-order valence-electron chi connectivity index (χ1n) is 5.97. The summed E-state index contributed by atoms with van der Waals surface area (Å²) in [7, 11) is 1.99. The molecule has 2 atom stereocenters. The molecule has 2 rings (SSSR count). The zero-order chi connectivity index (χ0) is 12.3. The Morgan fingerprint density at radius 1 is 1.41 bits per heavy atom. The monoisotopic (exact) mass is 238 g/mol. The zero-order valence-corrected chi connectivity index (χ0v) is 10.1. The summed E-state index contributed by atoms with van der Waals surface area (Å²) >= 11 is 0. The highest BCUT2D eigenvalue weighted by atomic mass is 19.1. The molecule has 3 nitrogen and oxygen atoms in total. The second kappa shape index (κ2) is 5.47. The van der Waals surface area contributed by atoms with Gasteiger partial charge >= 0.3 is 0 Å². The van der Waals surface area contributed by atoms with E-state index in [1.165, 1.54) is 12.1 Å². The molecule has 0 aliphatic carbocycles. The number of nitrogens with zero attached hydrogens (tertiary/aromatic N) is 1. The molecule has 0 amide bonds. The van der Waals surface area contributed by atoms with Crippen molar-refractivity contribution in [3.8, 4) is 0 Å². The summed E-state index contributed by atoms with van der Waals surface area (Å²) < 4.78 is 18.3. The minimum atomic E-state index is -0.208. The van der Waals surface area contributed by atoms with Gasteiger partial charge in [0.1, 0.15) is 5.82 Å². The van der Waals surface area contributed by atoms with Gasteiger partial charge in [0.15, 0.2) is 0 Å². The van der Waals surface area contributed by atoms with Crippen molar-refractivity contribution in [2.24, 2.45) is 11.7 Å². The average molecular weight is 238 g/mol. The predicted molar refractivity (Wildman–Crippen MR) is 66.6 cm³/mol. The maximum atomic E-state index is 12.8. The van der Waals surface area contributed by atoms with Crippen molar-refractivity contribution >= 4 is 5.69 Å². The SMILES string of the molecule is CN(CC1COCCC1N)c1ccc(F)cc1. The highest BCUT2D eigenvalue weighted by Crippen LogP contribution is 2.18.